The number of hydrogen-bond donors (Lipinski definition) is 0. The Morgan fingerprint density at radius 3 is 2.21 bits per heavy atom. The Bertz CT molecular complexity index is 572. The summed E-state index contributed by atoms with van der Waals surface area (Å²) in [5.74, 6) is 0.687. The van der Waals surface area contributed by atoms with Gasteiger partial charge >= 0.3 is 0 Å². The van der Waals surface area contributed by atoms with Crippen LogP contribution in [0.4, 0.5) is 4.39 Å². The summed E-state index contributed by atoms with van der Waals surface area (Å²) < 4.78 is 19.2. The van der Waals surface area contributed by atoms with Crippen LogP contribution in [0.2, 0.25) is 0 Å². The molecule has 0 radical (unpaired) electrons. The minimum atomic E-state index is -0.199. The number of ether oxygens (including phenoxy) is 1. The summed E-state index contributed by atoms with van der Waals surface area (Å²) in [7, 11) is 1.66. The smallest absolute Gasteiger partial charge is 0.127 e. The molecule has 0 spiro atoms. The Morgan fingerprint density at radius 2 is 1.68 bits per heavy atom. The number of aryl methyl sites for hydroxylation is 2. The molecule has 1 nitrogen and oxygen atoms in total. The molecule has 0 aliphatic rings. The molecule has 1 unspecified atom stereocenters. The molecule has 0 aliphatic heterocycles. The lowest BCUT2D eigenvalue weighted by Gasteiger charge is -2.16. The van der Waals surface area contributed by atoms with E-state index in [-0.39, 0.29) is 10.6 Å². The van der Waals surface area contributed by atoms with E-state index >= 15 is 0 Å². The maximum absolute atomic E-state index is 13.8. The van der Waals surface area contributed by atoms with E-state index in [2.05, 4.69) is 15.9 Å². The standard InChI is InChI=1S/C16H16BrFO/c1-10-8-12(9-11(2)16(10)19-3)15(17)13-6-4-5-7-14(13)18/h4-9,15H,1-3H3. The third-order valence-corrected chi connectivity index (χ3v) is 4.18. The summed E-state index contributed by atoms with van der Waals surface area (Å²) in [4.78, 5) is -0.156. The first-order chi connectivity index (χ1) is 9.04. The molecule has 0 fully saturated rings. The van der Waals surface area contributed by atoms with Crippen molar-refractivity contribution < 1.29 is 9.13 Å². The second-order valence-corrected chi connectivity index (χ2v) is 5.49. The fourth-order valence-electron chi connectivity index (χ4n) is 2.31. The van der Waals surface area contributed by atoms with Gasteiger partial charge < -0.3 is 4.74 Å². The summed E-state index contributed by atoms with van der Waals surface area (Å²) in [6.07, 6.45) is 0. The van der Waals surface area contributed by atoms with Crippen LogP contribution in [0.15, 0.2) is 36.4 Å². The van der Waals surface area contributed by atoms with Gasteiger partial charge in [0.25, 0.3) is 0 Å². The van der Waals surface area contributed by atoms with Crippen LogP contribution in [0.5, 0.6) is 5.75 Å². The zero-order valence-corrected chi connectivity index (χ0v) is 12.8. The second kappa shape index (κ2) is 5.74. The Balaban J connectivity index is 2.45. The largest absolute Gasteiger partial charge is 0.496 e. The van der Waals surface area contributed by atoms with Crippen LogP contribution in [-0.4, -0.2) is 7.11 Å². The molecule has 0 saturated heterocycles. The predicted molar refractivity (Wildman–Crippen MR) is 79.6 cm³/mol. The van der Waals surface area contributed by atoms with Crippen LogP contribution in [0.1, 0.15) is 27.1 Å². The van der Waals surface area contributed by atoms with E-state index in [1.54, 1.807) is 19.2 Å². The predicted octanol–water partition coefficient (Wildman–Crippen LogP) is 4.94. The Hall–Kier alpha value is -1.35. The van der Waals surface area contributed by atoms with Gasteiger partial charge in [-0.05, 0) is 36.6 Å². The van der Waals surface area contributed by atoms with Crippen LogP contribution >= 0.6 is 15.9 Å². The zero-order valence-electron chi connectivity index (χ0n) is 11.2. The average Bonchev–Trinajstić information content (AvgIpc) is 2.38. The highest BCUT2D eigenvalue weighted by Gasteiger charge is 2.16. The van der Waals surface area contributed by atoms with Gasteiger partial charge in [-0.2, -0.15) is 0 Å². The van der Waals surface area contributed by atoms with Gasteiger partial charge in [-0.1, -0.05) is 46.3 Å². The molecule has 2 aromatic rings. The van der Waals surface area contributed by atoms with E-state index in [4.69, 9.17) is 4.74 Å². The fraction of sp³-hybridized carbons (Fsp3) is 0.250. The topological polar surface area (TPSA) is 9.23 Å². The van der Waals surface area contributed by atoms with Crippen LogP contribution in [0.3, 0.4) is 0 Å². The third kappa shape index (κ3) is 2.81. The molecule has 2 rings (SSSR count). The van der Waals surface area contributed by atoms with Crippen LogP contribution < -0.4 is 4.74 Å². The van der Waals surface area contributed by atoms with Crippen molar-refractivity contribution in [3.63, 3.8) is 0 Å². The summed E-state index contributed by atoms with van der Waals surface area (Å²) >= 11 is 3.58. The van der Waals surface area contributed by atoms with Gasteiger partial charge in [0.15, 0.2) is 0 Å². The van der Waals surface area contributed by atoms with Crippen molar-refractivity contribution in [1.82, 2.24) is 0 Å². The van der Waals surface area contributed by atoms with Gasteiger partial charge in [-0.15, -0.1) is 0 Å². The lowest BCUT2D eigenvalue weighted by molar-refractivity contribution is 0.408. The van der Waals surface area contributed by atoms with Crippen molar-refractivity contribution in [2.45, 2.75) is 18.7 Å². The molecule has 0 saturated carbocycles. The molecule has 0 heterocycles. The van der Waals surface area contributed by atoms with Crippen LogP contribution in [-0.2, 0) is 0 Å². The maximum atomic E-state index is 13.8. The molecule has 0 amide bonds. The maximum Gasteiger partial charge on any atom is 0.127 e. The summed E-state index contributed by atoms with van der Waals surface area (Å²) in [5.41, 5.74) is 3.78. The van der Waals surface area contributed by atoms with Crippen LogP contribution in [0, 0.1) is 19.7 Å². The van der Waals surface area contributed by atoms with E-state index in [1.165, 1.54) is 6.07 Å². The van der Waals surface area contributed by atoms with Crippen molar-refractivity contribution in [2.75, 3.05) is 7.11 Å². The monoisotopic (exact) mass is 322 g/mol. The first kappa shape index (κ1) is 14.1. The van der Waals surface area contributed by atoms with E-state index in [0.717, 1.165) is 22.4 Å². The molecular weight excluding hydrogens is 307 g/mol. The second-order valence-electron chi connectivity index (χ2n) is 4.57. The normalized spacial score (nSPS) is 12.3. The Labute approximate surface area is 121 Å². The first-order valence-electron chi connectivity index (χ1n) is 6.08. The van der Waals surface area contributed by atoms with Gasteiger partial charge in [-0.3, -0.25) is 0 Å². The van der Waals surface area contributed by atoms with E-state index < -0.39 is 0 Å². The quantitative estimate of drug-likeness (QED) is 0.727. The van der Waals surface area contributed by atoms with Gasteiger partial charge in [0.1, 0.15) is 11.6 Å². The molecule has 100 valence electrons. The van der Waals surface area contributed by atoms with E-state index in [1.807, 2.05) is 32.0 Å². The van der Waals surface area contributed by atoms with Gasteiger partial charge in [0.05, 0.1) is 11.9 Å². The number of rotatable bonds is 3. The fourth-order valence-corrected chi connectivity index (χ4v) is 2.95. The summed E-state index contributed by atoms with van der Waals surface area (Å²) in [6, 6.07) is 10.9. The zero-order chi connectivity index (χ0) is 14.0. The highest BCUT2D eigenvalue weighted by molar-refractivity contribution is 9.09. The number of methoxy groups -OCH3 is 1. The SMILES string of the molecule is COc1c(C)cc(C(Br)c2ccccc2F)cc1C. The van der Waals surface area contributed by atoms with Crippen molar-refractivity contribution in [1.29, 1.82) is 0 Å². The Morgan fingerprint density at radius 1 is 1.11 bits per heavy atom. The lowest BCUT2D eigenvalue weighted by Crippen LogP contribution is -1.99. The minimum absolute atomic E-state index is 0.156. The molecular formula is C16H16BrFO. The molecule has 3 heteroatoms. The van der Waals surface area contributed by atoms with Gasteiger partial charge in [0.2, 0.25) is 0 Å². The van der Waals surface area contributed by atoms with Gasteiger partial charge in [-0.25, -0.2) is 4.39 Å². The molecule has 0 aliphatic carbocycles. The number of benzene rings is 2. The van der Waals surface area contributed by atoms with Crippen molar-refractivity contribution in [2.24, 2.45) is 0 Å². The molecule has 0 aromatic heterocycles. The molecule has 2 aromatic carbocycles. The Kier molecular flexibility index (Phi) is 4.25. The number of halogens is 2. The highest BCUT2D eigenvalue weighted by Crippen LogP contribution is 2.36. The van der Waals surface area contributed by atoms with Crippen molar-refractivity contribution in [3.05, 3.63) is 64.5 Å². The molecule has 0 bridgehead atoms. The number of hydrogen-bond acceptors (Lipinski definition) is 1. The van der Waals surface area contributed by atoms with Crippen molar-refractivity contribution >= 4 is 15.9 Å². The summed E-state index contributed by atoms with van der Waals surface area (Å²) in [5, 5.41) is 0. The van der Waals surface area contributed by atoms with Crippen molar-refractivity contribution in [3.8, 4) is 5.75 Å². The highest BCUT2D eigenvalue weighted by atomic mass is 79.9. The van der Waals surface area contributed by atoms with Gasteiger partial charge in [0, 0.05) is 5.56 Å². The molecule has 1 atom stereocenters. The molecule has 19 heavy (non-hydrogen) atoms. The molecule has 0 N–H and O–H groups in total. The van der Waals surface area contributed by atoms with Crippen LogP contribution in [0.25, 0.3) is 0 Å². The average molecular weight is 323 g/mol. The van der Waals surface area contributed by atoms with E-state index in [9.17, 15) is 4.39 Å². The first-order valence-corrected chi connectivity index (χ1v) is 6.99. The third-order valence-electron chi connectivity index (χ3n) is 3.16. The van der Waals surface area contributed by atoms with E-state index in [0.29, 0.717) is 5.56 Å². The minimum Gasteiger partial charge on any atom is -0.496 e. The summed E-state index contributed by atoms with van der Waals surface area (Å²) in [6.45, 7) is 3.99. The lowest BCUT2D eigenvalue weighted by atomic mass is 9.99. The number of alkyl halides is 1.